The van der Waals surface area contributed by atoms with Gasteiger partial charge in [-0.1, -0.05) is 13.8 Å². The molecule has 0 spiro atoms. The number of nitrogens with zero attached hydrogens (tertiary/aromatic N) is 1. The van der Waals surface area contributed by atoms with Crippen molar-refractivity contribution in [1.82, 2.24) is 10.2 Å². The first-order chi connectivity index (χ1) is 9.79. The molecule has 0 radical (unpaired) electrons. The largest absolute Gasteiger partial charge is 0.355 e. The quantitative estimate of drug-likeness (QED) is 0.616. The zero-order valence-corrected chi connectivity index (χ0v) is 15.0. The summed E-state index contributed by atoms with van der Waals surface area (Å²) in [6, 6.07) is 1.02. The van der Waals surface area contributed by atoms with E-state index in [-0.39, 0.29) is 5.91 Å². The van der Waals surface area contributed by atoms with Crippen molar-refractivity contribution in [1.29, 1.82) is 0 Å². The van der Waals surface area contributed by atoms with Crippen LogP contribution in [0.25, 0.3) is 0 Å². The van der Waals surface area contributed by atoms with E-state index in [0.29, 0.717) is 36.9 Å². The molecule has 126 valence electrons. The number of nitrogens with one attached hydrogen (secondary N) is 1. The monoisotopic (exact) mass is 299 g/mol. The van der Waals surface area contributed by atoms with Crippen molar-refractivity contribution in [2.24, 2.45) is 17.6 Å². The number of hydrogen-bond acceptors (Lipinski definition) is 3. The minimum absolute atomic E-state index is 0.171. The summed E-state index contributed by atoms with van der Waals surface area (Å²) in [5, 5.41) is 3.05. The van der Waals surface area contributed by atoms with Crippen molar-refractivity contribution in [2.75, 3.05) is 19.6 Å². The topological polar surface area (TPSA) is 58.4 Å². The fourth-order valence-corrected chi connectivity index (χ4v) is 2.87. The van der Waals surface area contributed by atoms with Crippen LogP contribution in [0, 0.1) is 11.8 Å². The van der Waals surface area contributed by atoms with Gasteiger partial charge in [0.15, 0.2) is 0 Å². The van der Waals surface area contributed by atoms with E-state index in [4.69, 9.17) is 5.73 Å². The summed E-state index contributed by atoms with van der Waals surface area (Å²) < 4.78 is 0. The first-order valence-electron chi connectivity index (χ1n) is 8.52. The molecule has 0 aliphatic carbocycles. The maximum Gasteiger partial charge on any atom is 0.220 e. The summed E-state index contributed by atoms with van der Waals surface area (Å²) >= 11 is 0. The third-order valence-electron chi connectivity index (χ3n) is 4.24. The molecule has 0 aliphatic heterocycles. The van der Waals surface area contributed by atoms with Crippen molar-refractivity contribution in [2.45, 2.75) is 72.9 Å². The van der Waals surface area contributed by atoms with E-state index in [1.807, 2.05) is 0 Å². The van der Waals surface area contributed by atoms with Gasteiger partial charge in [-0.2, -0.15) is 0 Å². The van der Waals surface area contributed by atoms with E-state index in [2.05, 4.69) is 51.8 Å². The Morgan fingerprint density at radius 2 is 1.62 bits per heavy atom. The molecule has 1 unspecified atom stereocenters. The molecule has 0 aromatic heterocycles. The Bertz CT molecular complexity index is 269. The van der Waals surface area contributed by atoms with E-state index in [9.17, 15) is 4.79 Å². The molecule has 0 fully saturated rings. The molecule has 0 rings (SSSR count). The van der Waals surface area contributed by atoms with Gasteiger partial charge in [0.1, 0.15) is 0 Å². The zero-order chi connectivity index (χ0) is 16.4. The number of amides is 1. The summed E-state index contributed by atoms with van der Waals surface area (Å²) in [4.78, 5) is 14.3. The molecular formula is C17H37N3O. The van der Waals surface area contributed by atoms with E-state index >= 15 is 0 Å². The zero-order valence-electron chi connectivity index (χ0n) is 15.0. The van der Waals surface area contributed by atoms with Crippen molar-refractivity contribution < 1.29 is 4.79 Å². The number of carbonyl (C=O) groups is 1. The summed E-state index contributed by atoms with van der Waals surface area (Å²) in [5.74, 6) is 1.33. The van der Waals surface area contributed by atoms with Crippen LogP contribution in [0.3, 0.4) is 0 Å². The fraction of sp³-hybridized carbons (Fsp3) is 0.941. The average Bonchev–Trinajstić information content (AvgIpc) is 2.38. The Morgan fingerprint density at radius 3 is 2.05 bits per heavy atom. The second-order valence-corrected chi connectivity index (χ2v) is 6.90. The maximum atomic E-state index is 11.9. The number of carbonyl (C=O) groups excluding carboxylic acids is 1. The van der Waals surface area contributed by atoms with Crippen molar-refractivity contribution >= 4 is 5.91 Å². The van der Waals surface area contributed by atoms with E-state index in [1.165, 1.54) is 0 Å². The predicted octanol–water partition coefficient (Wildman–Crippen LogP) is 2.62. The van der Waals surface area contributed by atoms with Gasteiger partial charge >= 0.3 is 0 Å². The van der Waals surface area contributed by atoms with Gasteiger partial charge in [-0.25, -0.2) is 0 Å². The Kier molecular flexibility index (Phi) is 10.7. The van der Waals surface area contributed by atoms with Gasteiger partial charge in [0.05, 0.1) is 0 Å². The third-order valence-corrected chi connectivity index (χ3v) is 4.24. The van der Waals surface area contributed by atoms with Crippen molar-refractivity contribution in [3.63, 3.8) is 0 Å². The molecule has 0 bridgehead atoms. The van der Waals surface area contributed by atoms with E-state index < -0.39 is 0 Å². The molecule has 21 heavy (non-hydrogen) atoms. The van der Waals surface area contributed by atoms with Gasteiger partial charge in [0.25, 0.3) is 0 Å². The maximum absolute atomic E-state index is 11.9. The van der Waals surface area contributed by atoms with Crippen LogP contribution in [0.5, 0.6) is 0 Å². The summed E-state index contributed by atoms with van der Waals surface area (Å²) in [6.07, 6.45) is 2.57. The molecule has 3 N–H and O–H groups in total. The second kappa shape index (κ2) is 11.0. The molecule has 4 nitrogen and oxygen atoms in total. The van der Waals surface area contributed by atoms with Gasteiger partial charge in [0, 0.05) is 31.6 Å². The van der Waals surface area contributed by atoms with Crippen LogP contribution >= 0.6 is 0 Å². The highest BCUT2D eigenvalue weighted by Gasteiger charge is 2.15. The molecule has 0 saturated carbocycles. The predicted molar refractivity (Wildman–Crippen MR) is 91.2 cm³/mol. The van der Waals surface area contributed by atoms with E-state index in [1.54, 1.807) is 0 Å². The van der Waals surface area contributed by atoms with Crippen LogP contribution in [-0.4, -0.2) is 42.5 Å². The van der Waals surface area contributed by atoms with Crippen LogP contribution < -0.4 is 11.1 Å². The van der Waals surface area contributed by atoms with Gasteiger partial charge in [-0.3, -0.25) is 9.69 Å². The lowest BCUT2D eigenvalue weighted by atomic mass is 9.88. The smallest absolute Gasteiger partial charge is 0.220 e. The summed E-state index contributed by atoms with van der Waals surface area (Å²) in [7, 11) is 0. The molecule has 1 atom stereocenters. The van der Waals surface area contributed by atoms with Crippen LogP contribution in [0.1, 0.15) is 60.8 Å². The molecule has 4 heteroatoms. The van der Waals surface area contributed by atoms with Crippen LogP contribution in [0.15, 0.2) is 0 Å². The van der Waals surface area contributed by atoms with Crippen LogP contribution in [-0.2, 0) is 4.79 Å². The minimum Gasteiger partial charge on any atom is -0.355 e. The molecule has 0 heterocycles. The average molecular weight is 300 g/mol. The lowest BCUT2D eigenvalue weighted by Crippen LogP contribution is -2.42. The minimum atomic E-state index is 0.171. The summed E-state index contributed by atoms with van der Waals surface area (Å²) in [6.45, 7) is 15.6. The Balaban J connectivity index is 3.99. The molecular weight excluding hydrogens is 262 g/mol. The highest BCUT2D eigenvalue weighted by Crippen LogP contribution is 2.20. The number of nitrogens with two attached hydrogens (primary N) is 1. The normalized spacial score (nSPS) is 13.5. The van der Waals surface area contributed by atoms with E-state index in [0.717, 1.165) is 25.9 Å². The first-order valence-corrected chi connectivity index (χ1v) is 8.52. The van der Waals surface area contributed by atoms with Crippen LogP contribution in [0.4, 0.5) is 0 Å². The second-order valence-electron chi connectivity index (χ2n) is 6.90. The third kappa shape index (κ3) is 9.10. The Labute approximate surface area is 131 Å². The van der Waals surface area contributed by atoms with Crippen molar-refractivity contribution in [3.8, 4) is 0 Å². The van der Waals surface area contributed by atoms with Crippen LogP contribution in [0.2, 0.25) is 0 Å². The van der Waals surface area contributed by atoms with Gasteiger partial charge in [0.2, 0.25) is 5.91 Å². The standard InChI is InChI=1S/C17H37N3O/c1-13(2)16(9-10-18)7-8-17(21)19-11-12-20(14(3)4)15(5)6/h13-16H,7-12,18H2,1-6H3,(H,19,21). The molecule has 0 aromatic rings. The fourth-order valence-electron chi connectivity index (χ4n) is 2.87. The number of hydrogen-bond donors (Lipinski definition) is 2. The lowest BCUT2D eigenvalue weighted by molar-refractivity contribution is -0.121. The molecule has 0 aliphatic rings. The molecule has 0 saturated heterocycles. The number of rotatable bonds is 11. The highest BCUT2D eigenvalue weighted by atomic mass is 16.1. The van der Waals surface area contributed by atoms with Gasteiger partial charge in [-0.05, 0) is 58.9 Å². The first kappa shape index (κ1) is 20.4. The Morgan fingerprint density at radius 1 is 1.05 bits per heavy atom. The SMILES string of the molecule is CC(C)C(CCN)CCC(=O)NCCN(C(C)C)C(C)C. The molecule has 0 aromatic carbocycles. The van der Waals surface area contributed by atoms with Gasteiger partial charge < -0.3 is 11.1 Å². The van der Waals surface area contributed by atoms with Gasteiger partial charge in [-0.15, -0.1) is 0 Å². The molecule has 1 amide bonds. The highest BCUT2D eigenvalue weighted by molar-refractivity contribution is 5.75. The Hall–Kier alpha value is -0.610. The summed E-state index contributed by atoms with van der Waals surface area (Å²) in [5.41, 5.74) is 5.64. The lowest BCUT2D eigenvalue weighted by Gasteiger charge is -2.30. The van der Waals surface area contributed by atoms with Crippen molar-refractivity contribution in [3.05, 3.63) is 0 Å².